The molecule has 5 rings (SSSR count). The molecular weight excluding hydrogens is 506 g/mol. The molecule has 9 nitrogen and oxygen atoms in total. The molecule has 0 bridgehead atoms. The molecule has 0 atom stereocenters. The van der Waals surface area contributed by atoms with Crippen LogP contribution in [0.2, 0.25) is 0 Å². The highest BCUT2D eigenvalue weighted by molar-refractivity contribution is 6.19. The molecule has 0 fully saturated rings. The van der Waals surface area contributed by atoms with Crippen molar-refractivity contribution >= 4 is 34.2 Å². The van der Waals surface area contributed by atoms with Crippen LogP contribution >= 0.6 is 0 Å². The van der Waals surface area contributed by atoms with Crippen LogP contribution in [0.5, 0.6) is 0 Å². The minimum atomic E-state index is -1.17. The fourth-order valence-electron chi connectivity index (χ4n) is 5.18. The van der Waals surface area contributed by atoms with E-state index >= 15 is 0 Å². The van der Waals surface area contributed by atoms with Crippen LogP contribution in [0.4, 0.5) is 11.4 Å². The summed E-state index contributed by atoms with van der Waals surface area (Å²) in [5.74, 6) is 0.169. The van der Waals surface area contributed by atoms with Crippen LogP contribution in [0.25, 0.3) is 11.0 Å². The zero-order chi connectivity index (χ0) is 28.6. The van der Waals surface area contributed by atoms with Gasteiger partial charge in [0, 0.05) is 50.8 Å². The maximum absolute atomic E-state index is 13.1. The number of benzene rings is 1. The Morgan fingerprint density at radius 3 is 2.60 bits per heavy atom. The van der Waals surface area contributed by atoms with Gasteiger partial charge in [-0.2, -0.15) is 0 Å². The second kappa shape index (κ2) is 10.7. The number of nitrogens with one attached hydrogen (secondary N) is 1. The van der Waals surface area contributed by atoms with E-state index in [2.05, 4.69) is 21.3 Å². The Hall–Kier alpha value is -4.24. The molecule has 4 aromatic rings. The van der Waals surface area contributed by atoms with E-state index < -0.39 is 5.41 Å². The molecule has 9 heteroatoms. The van der Waals surface area contributed by atoms with Gasteiger partial charge in [-0.25, -0.2) is 0 Å². The molecule has 3 aromatic heterocycles. The van der Waals surface area contributed by atoms with Crippen molar-refractivity contribution in [1.29, 1.82) is 0 Å². The number of anilines is 2. The smallest absolute Gasteiger partial charge is 0.261 e. The second-order valence-corrected chi connectivity index (χ2v) is 10.9. The van der Waals surface area contributed by atoms with Gasteiger partial charge in [-0.15, -0.1) is 0 Å². The largest absolute Gasteiger partial charge is 0.461 e. The summed E-state index contributed by atoms with van der Waals surface area (Å²) in [7, 11) is 0. The fourth-order valence-corrected chi connectivity index (χ4v) is 5.18. The van der Waals surface area contributed by atoms with E-state index in [0.29, 0.717) is 60.8 Å². The van der Waals surface area contributed by atoms with Gasteiger partial charge in [-0.1, -0.05) is 12.1 Å². The normalized spacial score (nSPS) is 14.9. The molecule has 1 N–H and O–H groups in total. The minimum absolute atomic E-state index is 0.0773. The van der Waals surface area contributed by atoms with E-state index in [4.69, 9.17) is 4.42 Å². The van der Waals surface area contributed by atoms with Crippen molar-refractivity contribution < 1.29 is 14.0 Å². The molecule has 4 heterocycles. The van der Waals surface area contributed by atoms with Crippen LogP contribution in [0.15, 0.2) is 64.1 Å². The summed E-state index contributed by atoms with van der Waals surface area (Å²) in [6.45, 7) is 11.8. The second-order valence-electron chi connectivity index (χ2n) is 10.9. The van der Waals surface area contributed by atoms with Crippen LogP contribution in [0, 0.1) is 19.3 Å². The standard InChI is InChI=1S/C31H35N5O4/c1-6-36-26-10-9-22(17-25(26)33-29(38)31(4,5)30(36)39)18-34(19-23-8-7-12-32-21(23)3)14-15-35-13-11-27-24(28(35)37)16-20(2)40-27/h7-13,16-17H,6,14-15,18-19H2,1-5H3,(H,33,38). The van der Waals surface area contributed by atoms with Crippen molar-refractivity contribution in [2.75, 3.05) is 23.3 Å². The lowest BCUT2D eigenvalue weighted by molar-refractivity contribution is -0.136. The third-order valence-corrected chi connectivity index (χ3v) is 7.62. The van der Waals surface area contributed by atoms with Gasteiger partial charge < -0.3 is 19.2 Å². The number of carbonyl (C=O) groups is 2. The maximum atomic E-state index is 13.1. The van der Waals surface area contributed by atoms with E-state index in [1.807, 2.05) is 51.1 Å². The molecule has 0 unspecified atom stereocenters. The van der Waals surface area contributed by atoms with Crippen molar-refractivity contribution in [2.24, 2.45) is 5.41 Å². The highest BCUT2D eigenvalue weighted by Crippen LogP contribution is 2.36. The predicted molar refractivity (Wildman–Crippen MR) is 155 cm³/mol. The molecule has 0 saturated heterocycles. The summed E-state index contributed by atoms with van der Waals surface area (Å²) in [6, 6.07) is 13.4. The molecule has 0 aliphatic carbocycles. The Balaban J connectivity index is 1.44. The zero-order valence-corrected chi connectivity index (χ0v) is 23.7. The Kier molecular flexibility index (Phi) is 7.33. The predicted octanol–water partition coefficient (Wildman–Crippen LogP) is 4.64. The Morgan fingerprint density at radius 1 is 1.05 bits per heavy atom. The Morgan fingerprint density at radius 2 is 1.85 bits per heavy atom. The van der Waals surface area contributed by atoms with Crippen molar-refractivity contribution in [3.8, 4) is 0 Å². The number of hydrogen-bond donors (Lipinski definition) is 1. The van der Waals surface area contributed by atoms with E-state index in [-0.39, 0.29) is 17.4 Å². The maximum Gasteiger partial charge on any atom is 0.261 e. The summed E-state index contributed by atoms with van der Waals surface area (Å²) in [6.07, 6.45) is 3.55. The average Bonchev–Trinajstić information content (AvgIpc) is 3.29. The lowest BCUT2D eigenvalue weighted by atomic mass is 9.91. The first-order chi connectivity index (χ1) is 19.1. The molecule has 40 heavy (non-hydrogen) atoms. The molecular formula is C31H35N5O4. The number of furan rings is 1. The monoisotopic (exact) mass is 541 g/mol. The summed E-state index contributed by atoms with van der Waals surface area (Å²) < 4.78 is 7.33. The first kappa shape index (κ1) is 27.3. The average molecular weight is 542 g/mol. The molecule has 208 valence electrons. The number of aromatic nitrogens is 2. The van der Waals surface area contributed by atoms with E-state index in [1.165, 1.54) is 0 Å². The number of rotatable bonds is 8. The van der Waals surface area contributed by atoms with Crippen molar-refractivity contribution in [1.82, 2.24) is 14.5 Å². The molecule has 1 aliphatic rings. The SMILES string of the molecule is CCN1C(=O)C(C)(C)C(=O)Nc2cc(CN(CCn3ccc4oc(C)cc4c3=O)Cc3cccnc3C)ccc21. The molecule has 2 amide bonds. The number of carbonyl (C=O) groups excluding carboxylic acids is 2. The number of pyridine rings is 2. The first-order valence-electron chi connectivity index (χ1n) is 13.6. The summed E-state index contributed by atoms with van der Waals surface area (Å²) in [4.78, 5) is 47.5. The lowest BCUT2D eigenvalue weighted by Gasteiger charge is -2.27. The van der Waals surface area contributed by atoms with Crippen LogP contribution in [0.1, 0.15) is 43.4 Å². The van der Waals surface area contributed by atoms with Crippen molar-refractivity contribution in [3.63, 3.8) is 0 Å². The minimum Gasteiger partial charge on any atom is -0.461 e. The Bertz CT molecular complexity index is 1650. The van der Waals surface area contributed by atoms with E-state index in [0.717, 1.165) is 16.8 Å². The van der Waals surface area contributed by atoms with Crippen LogP contribution in [-0.4, -0.2) is 39.4 Å². The van der Waals surface area contributed by atoms with Gasteiger partial charge in [0.2, 0.25) is 11.8 Å². The zero-order valence-electron chi connectivity index (χ0n) is 23.7. The topological polar surface area (TPSA) is 101 Å². The van der Waals surface area contributed by atoms with E-state index in [9.17, 15) is 14.4 Å². The number of fused-ring (bicyclic) bond motifs is 2. The lowest BCUT2D eigenvalue weighted by Crippen LogP contribution is -2.45. The van der Waals surface area contributed by atoms with Crippen molar-refractivity contribution in [2.45, 2.75) is 54.3 Å². The molecule has 0 spiro atoms. The molecule has 1 aromatic carbocycles. The van der Waals surface area contributed by atoms with Gasteiger partial charge in [0.15, 0.2) is 0 Å². The number of aryl methyl sites for hydroxylation is 2. The molecule has 0 saturated carbocycles. The molecule has 0 radical (unpaired) electrons. The van der Waals surface area contributed by atoms with E-state index in [1.54, 1.807) is 41.8 Å². The highest BCUT2D eigenvalue weighted by atomic mass is 16.3. The third kappa shape index (κ3) is 5.16. The van der Waals surface area contributed by atoms with Gasteiger partial charge in [0.05, 0.1) is 16.8 Å². The summed E-state index contributed by atoms with van der Waals surface area (Å²) >= 11 is 0. The summed E-state index contributed by atoms with van der Waals surface area (Å²) in [5.41, 5.74) is 3.70. The quantitative estimate of drug-likeness (QED) is 0.326. The van der Waals surface area contributed by atoms with Gasteiger partial charge in [-0.05, 0) is 76.1 Å². The molecule has 1 aliphatic heterocycles. The number of hydrogen-bond acceptors (Lipinski definition) is 6. The number of nitrogens with zero attached hydrogens (tertiary/aromatic N) is 4. The summed E-state index contributed by atoms with van der Waals surface area (Å²) in [5, 5.41) is 3.56. The van der Waals surface area contributed by atoms with Crippen LogP contribution < -0.4 is 15.8 Å². The van der Waals surface area contributed by atoms with Crippen LogP contribution in [-0.2, 0) is 29.2 Å². The third-order valence-electron chi connectivity index (χ3n) is 7.62. The first-order valence-corrected chi connectivity index (χ1v) is 13.6. The van der Waals surface area contributed by atoms with Gasteiger partial charge in [0.1, 0.15) is 16.8 Å². The van der Waals surface area contributed by atoms with Crippen LogP contribution in [0.3, 0.4) is 0 Å². The van der Waals surface area contributed by atoms with Gasteiger partial charge >= 0.3 is 0 Å². The highest BCUT2D eigenvalue weighted by Gasteiger charge is 2.42. The van der Waals surface area contributed by atoms with Gasteiger partial charge in [-0.3, -0.25) is 24.3 Å². The van der Waals surface area contributed by atoms with Crippen molar-refractivity contribution in [3.05, 3.63) is 87.8 Å². The Labute approximate surface area is 233 Å². The fraction of sp³-hybridized carbons (Fsp3) is 0.355. The number of amides is 2. The van der Waals surface area contributed by atoms with Gasteiger partial charge in [0.25, 0.3) is 5.56 Å².